The molecule has 12 heavy (non-hydrogen) atoms. The summed E-state index contributed by atoms with van der Waals surface area (Å²) in [7, 11) is 0. The second-order valence-electron chi connectivity index (χ2n) is 3.25. The maximum absolute atomic E-state index is 8.84. The van der Waals surface area contributed by atoms with Gasteiger partial charge in [0.15, 0.2) is 0 Å². The summed E-state index contributed by atoms with van der Waals surface area (Å²) in [4.78, 5) is 2.27. The van der Waals surface area contributed by atoms with E-state index in [4.69, 9.17) is 5.26 Å². The van der Waals surface area contributed by atoms with Crippen LogP contribution in [0.5, 0.6) is 0 Å². The average molecular weight is 164 g/mol. The largest absolute Gasteiger partial charge is 0.288 e. The van der Waals surface area contributed by atoms with E-state index < -0.39 is 0 Å². The Kier molecular flexibility index (Phi) is 3.83. The van der Waals surface area contributed by atoms with Gasteiger partial charge >= 0.3 is 0 Å². The fourth-order valence-corrected chi connectivity index (χ4v) is 1.66. The zero-order valence-corrected chi connectivity index (χ0v) is 7.50. The molecule has 0 aromatic heterocycles. The van der Waals surface area contributed by atoms with E-state index in [0.717, 1.165) is 25.9 Å². The zero-order valence-electron chi connectivity index (χ0n) is 7.50. The monoisotopic (exact) mass is 164 g/mol. The van der Waals surface area contributed by atoms with Gasteiger partial charge in [0.25, 0.3) is 0 Å². The molecule has 1 heterocycles. The van der Waals surface area contributed by atoms with Crippen molar-refractivity contribution in [2.45, 2.75) is 31.7 Å². The molecule has 0 radical (unpaired) electrons. The van der Waals surface area contributed by atoms with E-state index in [1.807, 2.05) is 6.08 Å². The van der Waals surface area contributed by atoms with Gasteiger partial charge in [-0.15, -0.1) is 6.58 Å². The van der Waals surface area contributed by atoms with Crippen molar-refractivity contribution >= 4 is 0 Å². The third-order valence-corrected chi connectivity index (χ3v) is 2.38. The number of hydrogen-bond acceptors (Lipinski definition) is 2. The lowest BCUT2D eigenvalue weighted by Gasteiger charge is -2.30. The first-order valence-electron chi connectivity index (χ1n) is 4.63. The lowest BCUT2D eigenvalue weighted by molar-refractivity contribution is 0.188. The van der Waals surface area contributed by atoms with E-state index in [-0.39, 0.29) is 6.04 Å². The van der Waals surface area contributed by atoms with E-state index in [9.17, 15) is 0 Å². The van der Waals surface area contributed by atoms with Crippen molar-refractivity contribution in [2.75, 3.05) is 13.1 Å². The van der Waals surface area contributed by atoms with Crippen LogP contribution in [0.25, 0.3) is 0 Å². The highest BCUT2D eigenvalue weighted by molar-refractivity contribution is 4.94. The molecule has 0 amide bonds. The number of rotatable bonds is 3. The molecule has 2 heteroatoms. The Morgan fingerprint density at radius 1 is 1.58 bits per heavy atom. The minimum Gasteiger partial charge on any atom is -0.288 e. The van der Waals surface area contributed by atoms with Crippen LogP contribution >= 0.6 is 0 Å². The summed E-state index contributed by atoms with van der Waals surface area (Å²) in [5.74, 6) is 0. The van der Waals surface area contributed by atoms with E-state index in [1.54, 1.807) is 0 Å². The van der Waals surface area contributed by atoms with Gasteiger partial charge < -0.3 is 0 Å². The van der Waals surface area contributed by atoms with Crippen molar-refractivity contribution < 1.29 is 0 Å². The van der Waals surface area contributed by atoms with Crippen molar-refractivity contribution in [1.82, 2.24) is 4.90 Å². The lowest BCUT2D eigenvalue weighted by atomic mass is 10.0. The predicted molar refractivity (Wildman–Crippen MR) is 49.6 cm³/mol. The summed E-state index contributed by atoms with van der Waals surface area (Å²) in [6.07, 6.45) is 6.42. The summed E-state index contributed by atoms with van der Waals surface area (Å²) in [5, 5.41) is 8.84. The third kappa shape index (κ3) is 2.35. The zero-order chi connectivity index (χ0) is 8.81. The normalized spacial score (nSPS) is 24.8. The van der Waals surface area contributed by atoms with Crippen LogP contribution in [-0.4, -0.2) is 24.0 Å². The summed E-state index contributed by atoms with van der Waals surface area (Å²) in [5.41, 5.74) is 0. The Morgan fingerprint density at radius 3 is 3.08 bits per heavy atom. The summed E-state index contributed by atoms with van der Waals surface area (Å²) >= 11 is 0. The van der Waals surface area contributed by atoms with Crippen LogP contribution in [0.1, 0.15) is 25.7 Å². The fourth-order valence-electron chi connectivity index (χ4n) is 1.66. The van der Waals surface area contributed by atoms with Gasteiger partial charge in [0.2, 0.25) is 0 Å². The van der Waals surface area contributed by atoms with Crippen LogP contribution in [0.15, 0.2) is 12.7 Å². The molecule has 1 saturated heterocycles. The predicted octanol–water partition coefficient (Wildman–Crippen LogP) is 1.94. The van der Waals surface area contributed by atoms with Crippen molar-refractivity contribution in [1.29, 1.82) is 5.26 Å². The van der Waals surface area contributed by atoms with Gasteiger partial charge in [-0.05, 0) is 32.2 Å². The Bertz CT molecular complexity index is 181. The molecular formula is C10H16N2. The van der Waals surface area contributed by atoms with Crippen LogP contribution in [0.4, 0.5) is 0 Å². The number of likely N-dealkylation sites (tertiary alicyclic amines) is 1. The molecule has 0 spiro atoms. The first kappa shape index (κ1) is 9.28. The molecule has 0 saturated carbocycles. The second-order valence-corrected chi connectivity index (χ2v) is 3.25. The summed E-state index contributed by atoms with van der Waals surface area (Å²) < 4.78 is 0. The van der Waals surface area contributed by atoms with Gasteiger partial charge in [0.05, 0.1) is 12.1 Å². The summed E-state index contributed by atoms with van der Waals surface area (Å²) in [6.45, 7) is 5.78. The molecule has 1 atom stereocenters. The number of hydrogen-bond donors (Lipinski definition) is 0. The standard InChI is InChI=1S/C10H16N2/c1-2-3-7-12-8-5-4-6-10(12)9-11/h2,10H,1,3-8H2. The SMILES string of the molecule is C=CCCN1CCCCC1C#N. The van der Waals surface area contributed by atoms with Crippen LogP contribution in [-0.2, 0) is 0 Å². The van der Waals surface area contributed by atoms with Crippen molar-refractivity contribution in [3.8, 4) is 6.07 Å². The van der Waals surface area contributed by atoms with Crippen molar-refractivity contribution in [3.63, 3.8) is 0 Å². The summed E-state index contributed by atoms with van der Waals surface area (Å²) in [6, 6.07) is 2.52. The molecule has 0 aromatic rings. The number of piperidine rings is 1. The first-order chi connectivity index (χ1) is 5.88. The minimum absolute atomic E-state index is 0.165. The van der Waals surface area contributed by atoms with Crippen LogP contribution in [0.3, 0.4) is 0 Å². The number of nitrogens with zero attached hydrogens (tertiary/aromatic N) is 2. The maximum Gasteiger partial charge on any atom is 0.0978 e. The van der Waals surface area contributed by atoms with E-state index in [0.29, 0.717) is 0 Å². The molecule has 66 valence electrons. The molecule has 1 rings (SSSR count). The van der Waals surface area contributed by atoms with Crippen molar-refractivity contribution in [3.05, 3.63) is 12.7 Å². The van der Waals surface area contributed by atoms with Gasteiger partial charge in [-0.25, -0.2) is 0 Å². The average Bonchev–Trinajstić information content (AvgIpc) is 2.15. The maximum atomic E-state index is 8.84. The topological polar surface area (TPSA) is 27.0 Å². The van der Waals surface area contributed by atoms with E-state index >= 15 is 0 Å². The van der Waals surface area contributed by atoms with Crippen LogP contribution in [0, 0.1) is 11.3 Å². The molecule has 1 unspecified atom stereocenters. The highest BCUT2D eigenvalue weighted by atomic mass is 15.2. The molecule has 2 nitrogen and oxygen atoms in total. The van der Waals surface area contributed by atoms with Crippen molar-refractivity contribution in [2.24, 2.45) is 0 Å². The quantitative estimate of drug-likeness (QED) is 0.596. The molecule has 0 bridgehead atoms. The molecule has 1 aliphatic rings. The molecule has 0 aromatic carbocycles. The number of nitriles is 1. The van der Waals surface area contributed by atoms with E-state index in [1.165, 1.54) is 12.8 Å². The van der Waals surface area contributed by atoms with Gasteiger partial charge in [-0.2, -0.15) is 5.26 Å². The smallest absolute Gasteiger partial charge is 0.0978 e. The molecule has 1 aliphatic heterocycles. The highest BCUT2D eigenvalue weighted by Crippen LogP contribution is 2.16. The molecular weight excluding hydrogens is 148 g/mol. The van der Waals surface area contributed by atoms with Gasteiger partial charge in [-0.3, -0.25) is 4.90 Å². The Labute approximate surface area is 74.5 Å². The second kappa shape index (κ2) is 4.95. The van der Waals surface area contributed by atoms with Gasteiger partial charge in [0, 0.05) is 6.54 Å². The lowest BCUT2D eigenvalue weighted by Crippen LogP contribution is -2.38. The Morgan fingerprint density at radius 2 is 2.42 bits per heavy atom. The van der Waals surface area contributed by atoms with Crippen LogP contribution < -0.4 is 0 Å². The van der Waals surface area contributed by atoms with Gasteiger partial charge in [0.1, 0.15) is 0 Å². The van der Waals surface area contributed by atoms with Gasteiger partial charge in [-0.1, -0.05) is 6.08 Å². The molecule has 0 N–H and O–H groups in total. The molecule has 1 fully saturated rings. The Balaban J connectivity index is 2.37. The Hall–Kier alpha value is -0.810. The highest BCUT2D eigenvalue weighted by Gasteiger charge is 2.20. The minimum atomic E-state index is 0.165. The first-order valence-corrected chi connectivity index (χ1v) is 4.63. The third-order valence-electron chi connectivity index (χ3n) is 2.38. The van der Waals surface area contributed by atoms with Crippen LogP contribution in [0.2, 0.25) is 0 Å². The molecule has 0 aliphatic carbocycles. The fraction of sp³-hybridized carbons (Fsp3) is 0.700. The van der Waals surface area contributed by atoms with E-state index in [2.05, 4.69) is 17.5 Å².